The predicted molar refractivity (Wildman–Crippen MR) is 84.5 cm³/mol. The number of nitrogens with zero attached hydrogens (tertiary/aromatic N) is 1. The lowest BCUT2D eigenvalue weighted by molar-refractivity contribution is -0.354. The highest BCUT2D eigenvalue weighted by Gasteiger charge is 2.81. The molecule has 29 heavy (non-hydrogen) atoms. The molecule has 0 N–H and O–H groups in total. The summed E-state index contributed by atoms with van der Waals surface area (Å²) in [7, 11) is 0. The van der Waals surface area contributed by atoms with E-state index in [1.54, 1.807) is 0 Å². The first-order chi connectivity index (χ1) is 13.0. The minimum Gasteiger partial charge on any atom is -0.222 e. The van der Waals surface area contributed by atoms with Crippen LogP contribution in [0.1, 0.15) is 17.5 Å². The van der Waals surface area contributed by atoms with Crippen molar-refractivity contribution < 1.29 is 43.9 Å². The van der Waals surface area contributed by atoms with Crippen LogP contribution in [0.15, 0.2) is 46.5 Å². The SMILES string of the molecule is N#Cc1ccccc1C1(C(F)(C(F)(F)F)C(F)(F)F)C=C(Br)CC(C(F)(F)F)=C1. The summed E-state index contributed by atoms with van der Waals surface area (Å²) in [6, 6.07) is 4.59. The molecule has 0 spiro atoms. The van der Waals surface area contributed by atoms with Gasteiger partial charge in [0.2, 0.25) is 0 Å². The van der Waals surface area contributed by atoms with Crippen LogP contribution in [0.5, 0.6) is 0 Å². The van der Waals surface area contributed by atoms with Crippen LogP contribution in [0.2, 0.25) is 0 Å². The van der Waals surface area contributed by atoms with Gasteiger partial charge in [0, 0.05) is 12.0 Å². The Bertz CT molecular complexity index is 887. The van der Waals surface area contributed by atoms with E-state index in [0.29, 0.717) is 6.07 Å². The van der Waals surface area contributed by atoms with E-state index in [9.17, 15) is 39.5 Å². The Balaban J connectivity index is 3.12. The number of benzene rings is 1. The molecule has 0 saturated heterocycles. The number of nitriles is 1. The van der Waals surface area contributed by atoms with Crippen molar-refractivity contribution in [3.63, 3.8) is 0 Å². The first kappa shape index (κ1) is 23.3. The lowest BCUT2D eigenvalue weighted by Gasteiger charge is -2.46. The second-order valence-electron chi connectivity index (χ2n) is 6.12. The summed E-state index contributed by atoms with van der Waals surface area (Å²) in [5.74, 6) is 0. The van der Waals surface area contributed by atoms with Crippen LogP contribution >= 0.6 is 15.9 Å². The van der Waals surface area contributed by atoms with Gasteiger partial charge >= 0.3 is 24.2 Å². The Morgan fingerprint density at radius 3 is 1.83 bits per heavy atom. The normalized spacial score (nSPS) is 21.3. The van der Waals surface area contributed by atoms with Crippen LogP contribution in [0, 0.1) is 11.3 Å². The molecule has 0 bridgehead atoms. The molecule has 0 heterocycles. The van der Waals surface area contributed by atoms with Crippen molar-refractivity contribution in [2.24, 2.45) is 0 Å². The summed E-state index contributed by atoms with van der Waals surface area (Å²) in [6.07, 6.45) is -20.2. The van der Waals surface area contributed by atoms with Gasteiger partial charge in [-0.3, -0.25) is 0 Å². The lowest BCUT2D eigenvalue weighted by atomic mass is 9.63. The van der Waals surface area contributed by atoms with Crippen molar-refractivity contribution in [1.29, 1.82) is 5.26 Å². The number of allylic oxidation sites excluding steroid dienone is 4. The van der Waals surface area contributed by atoms with Crippen LogP contribution in [-0.4, -0.2) is 24.2 Å². The molecule has 1 aromatic carbocycles. The Hall–Kier alpha value is -2.03. The third-order valence-corrected chi connectivity index (χ3v) is 4.86. The minimum absolute atomic E-state index is 0.0827. The van der Waals surface area contributed by atoms with Crippen molar-refractivity contribution in [2.45, 2.75) is 36.0 Å². The summed E-state index contributed by atoms with van der Waals surface area (Å²) < 4.78 is 136. The average molecular weight is 496 g/mol. The Kier molecular flexibility index (Phi) is 5.64. The zero-order valence-corrected chi connectivity index (χ0v) is 15.4. The van der Waals surface area contributed by atoms with Gasteiger partial charge in [-0.1, -0.05) is 46.3 Å². The fourth-order valence-electron chi connectivity index (χ4n) is 3.14. The fourth-order valence-corrected chi connectivity index (χ4v) is 3.80. The zero-order chi connectivity index (χ0) is 22.5. The molecule has 158 valence electrons. The first-order valence-corrected chi connectivity index (χ1v) is 8.28. The van der Waals surface area contributed by atoms with Crippen molar-refractivity contribution in [2.75, 3.05) is 0 Å². The molecule has 1 aromatic rings. The first-order valence-electron chi connectivity index (χ1n) is 7.49. The molecule has 12 heteroatoms. The van der Waals surface area contributed by atoms with Crippen molar-refractivity contribution in [1.82, 2.24) is 0 Å². The fraction of sp³-hybridized carbons (Fsp3) is 0.353. The van der Waals surface area contributed by atoms with E-state index in [2.05, 4.69) is 15.9 Å². The Morgan fingerprint density at radius 2 is 1.38 bits per heavy atom. The number of alkyl halides is 10. The standard InChI is InChI=1S/C17H8BrF10N/c18-11-5-10(14(19,20)21)6-13(7-11,12-4-2-1-3-9(12)8-29)15(22,16(23,24)25)17(26,27)28/h1-4,6-7H,5H2. The second-order valence-corrected chi connectivity index (χ2v) is 7.13. The van der Waals surface area contributed by atoms with Gasteiger partial charge in [0.1, 0.15) is 0 Å². The predicted octanol–water partition coefficient (Wildman–Crippen LogP) is 6.80. The van der Waals surface area contributed by atoms with Crippen LogP contribution in [-0.2, 0) is 5.41 Å². The molecule has 0 aliphatic heterocycles. The van der Waals surface area contributed by atoms with E-state index in [0.717, 1.165) is 18.2 Å². The van der Waals surface area contributed by atoms with Gasteiger partial charge in [0.05, 0.1) is 17.0 Å². The maximum Gasteiger partial charge on any atom is 0.433 e. The van der Waals surface area contributed by atoms with E-state index < -0.39 is 63.3 Å². The molecule has 1 aliphatic carbocycles. The lowest BCUT2D eigenvalue weighted by Crippen LogP contribution is -2.65. The zero-order valence-electron chi connectivity index (χ0n) is 13.8. The third-order valence-electron chi connectivity index (χ3n) is 4.35. The molecule has 0 aromatic heterocycles. The van der Waals surface area contributed by atoms with Crippen molar-refractivity contribution in [3.8, 4) is 6.07 Å². The van der Waals surface area contributed by atoms with Crippen molar-refractivity contribution >= 4 is 15.9 Å². The molecule has 0 amide bonds. The Labute approximate surface area is 165 Å². The van der Waals surface area contributed by atoms with E-state index in [1.165, 1.54) is 6.07 Å². The van der Waals surface area contributed by atoms with Crippen LogP contribution in [0.25, 0.3) is 0 Å². The van der Waals surface area contributed by atoms with Crippen LogP contribution in [0.4, 0.5) is 43.9 Å². The summed E-state index contributed by atoms with van der Waals surface area (Å²) >= 11 is 2.50. The summed E-state index contributed by atoms with van der Waals surface area (Å²) in [4.78, 5) is 0. The maximum atomic E-state index is 15.2. The number of rotatable bonds is 2. The molecule has 1 aliphatic rings. The average Bonchev–Trinajstić information content (AvgIpc) is 2.57. The van der Waals surface area contributed by atoms with Gasteiger partial charge in [0.25, 0.3) is 0 Å². The number of hydrogen-bond donors (Lipinski definition) is 0. The smallest absolute Gasteiger partial charge is 0.222 e. The maximum absolute atomic E-state index is 15.2. The molecule has 2 rings (SSSR count). The number of hydrogen-bond acceptors (Lipinski definition) is 1. The quantitative estimate of drug-likeness (QED) is 0.327. The summed E-state index contributed by atoms with van der Waals surface area (Å²) in [5.41, 5.74) is -14.1. The molecule has 1 unspecified atom stereocenters. The van der Waals surface area contributed by atoms with Crippen LogP contribution < -0.4 is 0 Å². The van der Waals surface area contributed by atoms with Gasteiger partial charge in [-0.25, -0.2) is 4.39 Å². The van der Waals surface area contributed by atoms with Crippen LogP contribution in [0.3, 0.4) is 0 Å². The molecule has 1 atom stereocenters. The van der Waals surface area contributed by atoms with E-state index in [-0.39, 0.29) is 6.08 Å². The molecule has 1 nitrogen and oxygen atoms in total. The van der Waals surface area contributed by atoms with Gasteiger partial charge < -0.3 is 0 Å². The third kappa shape index (κ3) is 3.65. The van der Waals surface area contributed by atoms with E-state index in [1.807, 2.05) is 0 Å². The monoisotopic (exact) mass is 495 g/mol. The largest absolute Gasteiger partial charge is 0.433 e. The van der Waals surface area contributed by atoms with Gasteiger partial charge in [0.15, 0.2) is 0 Å². The summed E-state index contributed by atoms with van der Waals surface area (Å²) in [5, 5.41) is 9.12. The minimum atomic E-state index is -6.68. The highest BCUT2D eigenvalue weighted by atomic mass is 79.9. The molecule has 0 radical (unpaired) electrons. The van der Waals surface area contributed by atoms with E-state index in [4.69, 9.17) is 5.26 Å². The number of halogens is 11. The second kappa shape index (κ2) is 7.04. The summed E-state index contributed by atoms with van der Waals surface area (Å²) in [6.45, 7) is 0. The molecular formula is C17H8BrF10N. The topological polar surface area (TPSA) is 23.8 Å². The molecule has 0 saturated carbocycles. The van der Waals surface area contributed by atoms with Gasteiger partial charge in [-0.2, -0.15) is 44.8 Å². The van der Waals surface area contributed by atoms with Gasteiger partial charge in [-0.15, -0.1) is 0 Å². The van der Waals surface area contributed by atoms with Crippen molar-refractivity contribution in [3.05, 3.63) is 57.6 Å². The Morgan fingerprint density at radius 1 is 0.862 bits per heavy atom. The highest BCUT2D eigenvalue weighted by molar-refractivity contribution is 9.11. The van der Waals surface area contributed by atoms with E-state index >= 15 is 4.39 Å². The molecular weight excluding hydrogens is 488 g/mol. The molecule has 0 fully saturated rings. The highest BCUT2D eigenvalue weighted by Crippen LogP contribution is 2.61. The van der Waals surface area contributed by atoms with Gasteiger partial charge in [-0.05, 0) is 16.1 Å².